The standard InChI is InChI=1S/C25H32N2O4/c1-19-16-21(11-10-20-8-3-2-4-9-20)31-25(29)23(19)24(28)27-14-7-15-30-22(18-27)17-26-12-5-6-13-26/h2-4,8-9,16,22H,5-7,10-15,17-18H2,1H3. The normalized spacial score (nSPS) is 20.0. The minimum absolute atomic E-state index is 0.0120. The molecule has 4 rings (SSSR count). The largest absolute Gasteiger partial charge is 0.427 e. The number of benzene rings is 1. The van der Waals surface area contributed by atoms with E-state index in [-0.39, 0.29) is 17.6 Å². The Kier molecular flexibility index (Phi) is 7.20. The molecule has 0 radical (unpaired) electrons. The van der Waals surface area contributed by atoms with Crippen LogP contribution in [-0.4, -0.2) is 61.1 Å². The molecule has 0 bridgehead atoms. The van der Waals surface area contributed by atoms with Gasteiger partial charge < -0.3 is 19.0 Å². The van der Waals surface area contributed by atoms with Gasteiger partial charge in [0, 0.05) is 32.7 Å². The summed E-state index contributed by atoms with van der Waals surface area (Å²) in [7, 11) is 0. The van der Waals surface area contributed by atoms with Crippen molar-refractivity contribution in [3.05, 3.63) is 69.3 Å². The number of amides is 1. The molecule has 6 heteroatoms. The molecule has 6 nitrogen and oxygen atoms in total. The van der Waals surface area contributed by atoms with Gasteiger partial charge in [0.15, 0.2) is 0 Å². The molecule has 0 spiro atoms. The Morgan fingerprint density at radius 1 is 1.06 bits per heavy atom. The molecule has 31 heavy (non-hydrogen) atoms. The number of likely N-dealkylation sites (tertiary alicyclic amines) is 1. The van der Waals surface area contributed by atoms with Gasteiger partial charge in [-0.3, -0.25) is 4.79 Å². The van der Waals surface area contributed by atoms with Crippen LogP contribution in [0.25, 0.3) is 0 Å². The van der Waals surface area contributed by atoms with Gasteiger partial charge in [0.1, 0.15) is 11.3 Å². The lowest BCUT2D eigenvalue weighted by molar-refractivity contribution is 0.0296. The van der Waals surface area contributed by atoms with Gasteiger partial charge >= 0.3 is 5.63 Å². The molecule has 166 valence electrons. The summed E-state index contributed by atoms with van der Waals surface area (Å²) in [6.45, 7) is 6.63. The maximum Gasteiger partial charge on any atom is 0.349 e. The second-order valence-corrected chi connectivity index (χ2v) is 8.65. The van der Waals surface area contributed by atoms with Gasteiger partial charge in [-0.2, -0.15) is 0 Å². The summed E-state index contributed by atoms with van der Waals surface area (Å²) in [5.74, 6) is 0.381. The van der Waals surface area contributed by atoms with E-state index >= 15 is 0 Å². The Hall–Kier alpha value is -2.44. The van der Waals surface area contributed by atoms with E-state index in [4.69, 9.17) is 9.15 Å². The van der Waals surface area contributed by atoms with Crippen molar-refractivity contribution >= 4 is 5.91 Å². The molecule has 1 amide bonds. The molecular formula is C25H32N2O4. The second kappa shape index (κ2) is 10.2. The predicted octanol–water partition coefficient (Wildman–Crippen LogP) is 3.06. The molecule has 3 heterocycles. The fourth-order valence-electron chi connectivity index (χ4n) is 4.57. The number of rotatable bonds is 6. The first-order valence-corrected chi connectivity index (χ1v) is 11.4. The Morgan fingerprint density at radius 2 is 1.84 bits per heavy atom. The first-order chi connectivity index (χ1) is 15.1. The van der Waals surface area contributed by atoms with Crippen molar-refractivity contribution in [2.75, 3.05) is 39.3 Å². The Morgan fingerprint density at radius 3 is 2.58 bits per heavy atom. The molecule has 1 unspecified atom stereocenters. The first kappa shape index (κ1) is 21.8. The number of aryl methyl sites for hydroxylation is 3. The third-order valence-corrected chi connectivity index (χ3v) is 6.21. The Bertz CT molecular complexity index is 934. The zero-order valence-electron chi connectivity index (χ0n) is 18.3. The van der Waals surface area contributed by atoms with E-state index in [1.54, 1.807) is 4.90 Å². The fraction of sp³-hybridized carbons (Fsp3) is 0.520. The van der Waals surface area contributed by atoms with Gasteiger partial charge in [-0.25, -0.2) is 4.79 Å². The zero-order chi connectivity index (χ0) is 21.6. The molecule has 2 saturated heterocycles. The van der Waals surface area contributed by atoms with Gasteiger partial charge in [0.2, 0.25) is 0 Å². The molecule has 0 N–H and O–H groups in total. The highest BCUT2D eigenvalue weighted by molar-refractivity contribution is 5.95. The van der Waals surface area contributed by atoms with Gasteiger partial charge in [-0.05, 0) is 62.9 Å². The fourth-order valence-corrected chi connectivity index (χ4v) is 4.57. The average Bonchev–Trinajstić information content (AvgIpc) is 3.16. The van der Waals surface area contributed by atoms with Crippen molar-refractivity contribution in [2.24, 2.45) is 0 Å². The van der Waals surface area contributed by atoms with Gasteiger partial charge in [-0.1, -0.05) is 30.3 Å². The molecule has 2 aliphatic rings. The molecular weight excluding hydrogens is 392 g/mol. The molecule has 0 aliphatic carbocycles. The summed E-state index contributed by atoms with van der Waals surface area (Å²) in [6.07, 6.45) is 4.64. The van der Waals surface area contributed by atoms with Crippen LogP contribution in [-0.2, 0) is 17.6 Å². The first-order valence-electron chi connectivity index (χ1n) is 11.4. The van der Waals surface area contributed by atoms with E-state index in [1.165, 1.54) is 18.4 Å². The van der Waals surface area contributed by atoms with Crippen molar-refractivity contribution in [1.29, 1.82) is 0 Å². The van der Waals surface area contributed by atoms with E-state index in [0.29, 0.717) is 37.4 Å². The molecule has 1 aromatic heterocycles. The molecule has 0 saturated carbocycles. The summed E-state index contributed by atoms with van der Waals surface area (Å²) < 4.78 is 11.5. The summed E-state index contributed by atoms with van der Waals surface area (Å²) in [5.41, 5.74) is 1.50. The lowest BCUT2D eigenvalue weighted by Crippen LogP contribution is -2.43. The lowest BCUT2D eigenvalue weighted by atomic mass is 10.1. The molecule has 2 aliphatic heterocycles. The van der Waals surface area contributed by atoms with Gasteiger partial charge in [0.05, 0.1) is 6.10 Å². The maximum atomic E-state index is 13.3. The number of hydrogen-bond acceptors (Lipinski definition) is 5. The van der Waals surface area contributed by atoms with Crippen molar-refractivity contribution < 1.29 is 13.9 Å². The van der Waals surface area contributed by atoms with Crippen molar-refractivity contribution in [3.8, 4) is 0 Å². The van der Waals surface area contributed by atoms with E-state index in [9.17, 15) is 9.59 Å². The van der Waals surface area contributed by atoms with Gasteiger partial charge in [-0.15, -0.1) is 0 Å². The number of nitrogens with zero attached hydrogens (tertiary/aromatic N) is 2. The van der Waals surface area contributed by atoms with Crippen LogP contribution >= 0.6 is 0 Å². The van der Waals surface area contributed by atoms with Crippen molar-refractivity contribution in [2.45, 2.75) is 45.1 Å². The number of ether oxygens (including phenoxy) is 1. The van der Waals surface area contributed by atoms with Crippen molar-refractivity contribution in [3.63, 3.8) is 0 Å². The highest BCUT2D eigenvalue weighted by atomic mass is 16.5. The summed E-state index contributed by atoms with van der Waals surface area (Å²) in [6, 6.07) is 11.9. The van der Waals surface area contributed by atoms with E-state index in [1.807, 2.05) is 31.2 Å². The maximum absolute atomic E-state index is 13.3. The Balaban J connectivity index is 1.44. The second-order valence-electron chi connectivity index (χ2n) is 8.65. The topological polar surface area (TPSA) is 63.0 Å². The summed E-state index contributed by atoms with van der Waals surface area (Å²) in [4.78, 5) is 30.2. The number of hydrogen-bond donors (Lipinski definition) is 0. The summed E-state index contributed by atoms with van der Waals surface area (Å²) in [5, 5.41) is 0. The molecule has 1 aromatic carbocycles. The van der Waals surface area contributed by atoms with Crippen LogP contribution in [0, 0.1) is 6.92 Å². The van der Waals surface area contributed by atoms with E-state index < -0.39 is 5.63 Å². The molecule has 2 fully saturated rings. The highest BCUT2D eigenvalue weighted by Gasteiger charge is 2.28. The average molecular weight is 425 g/mol. The van der Waals surface area contributed by atoms with Gasteiger partial charge in [0.25, 0.3) is 5.91 Å². The number of carbonyl (C=O) groups is 1. The van der Waals surface area contributed by atoms with Crippen LogP contribution in [0.2, 0.25) is 0 Å². The van der Waals surface area contributed by atoms with Crippen LogP contribution < -0.4 is 5.63 Å². The van der Waals surface area contributed by atoms with Crippen LogP contribution in [0.3, 0.4) is 0 Å². The molecule has 2 aromatic rings. The summed E-state index contributed by atoms with van der Waals surface area (Å²) >= 11 is 0. The lowest BCUT2D eigenvalue weighted by Gasteiger charge is -2.27. The van der Waals surface area contributed by atoms with Crippen LogP contribution in [0.1, 0.15) is 46.5 Å². The van der Waals surface area contributed by atoms with E-state index in [2.05, 4.69) is 17.0 Å². The van der Waals surface area contributed by atoms with Crippen LogP contribution in [0.4, 0.5) is 0 Å². The van der Waals surface area contributed by atoms with E-state index in [0.717, 1.165) is 32.5 Å². The predicted molar refractivity (Wildman–Crippen MR) is 119 cm³/mol. The minimum atomic E-state index is -0.533. The SMILES string of the molecule is Cc1cc(CCc2ccccc2)oc(=O)c1C(=O)N1CCCOC(CN2CCCC2)C1. The smallest absolute Gasteiger partial charge is 0.349 e. The molecule has 1 atom stereocenters. The third kappa shape index (κ3) is 5.63. The zero-order valence-corrected chi connectivity index (χ0v) is 18.3. The monoisotopic (exact) mass is 424 g/mol. The Labute approximate surface area is 183 Å². The highest BCUT2D eigenvalue weighted by Crippen LogP contribution is 2.16. The minimum Gasteiger partial charge on any atom is -0.427 e. The third-order valence-electron chi connectivity index (χ3n) is 6.21. The quantitative estimate of drug-likeness (QED) is 0.713. The van der Waals surface area contributed by atoms with Crippen LogP contribution in [0.5, 0.6) is 0 Å². The number of carbonyl (C=O) groups excluding carboxylic acids is 1. The van der Waals surface area contributed by atoms with Crippen LogP contribution in [0.15, 0.2) is 45.6 Å². The van der Waals surface area contributed by atoms with Crippen molar-refractivity contribution in [1.82, 2.24) is 9.80 Å².